The van der Waals surface area contributed by atoms with Gasteiger partial charge in [-0.3, -0.25) is 0 Å². The lowest BCUT2D eigenvalue weighted by molar-refractivity contribution is 0.0414. The quantitative estimate of drug-likeness (QED) is 0.0328. The van der Waals surface area contributed by atoms with E-state index in [9.17, 15) is 15.3 Å². The summed E-state index contributed by atoms with van der Waals surface area (Å²) < 4.78 is 11.5. The van der Waals surface area contributed by atoms with E-state index < -0.39 is 12.2 Å². The van der Waals surface area contributed by atoms with Crippen molar-refractivity contribution in [1.29, 1.82) is 0 Å². The Morgan fingerprint density at radius 3 is 0.952 bits per heavy atom. The molecule has 1 rings (SSSR count). The van der Waals surface area contributed by atoms with E-state index in [-0.39, 0.29) is 25.5 Å². The summed E-state index contributed by atoms with van der Waals surface area (Å²) in [5.74, 6) is 0.0998. The van der Waals surface area contributed by atoms with Crippen molar-refractivity contribution in [3.8, 4) is 5.75 Å². The number of aliphatic hydroxyl groups is 2. The molecule has 0 aromatic heterocycles. The van der Waals surface area contributed by atoms with E-state index >= 15 is 0 Å². The molecule has 7 heteroatoms. The van der Waals surface area contributed by atoms with E-state index in [2.05, 4.69) is 24.5 Å². The predicted octanol–water partition coefficient (Wildman–Crippen LogP) is 16.6. The fourth-order valence-corrected chi connectivity index (χ4v) is 8.80. The predicted molar refractivity (Wildman–Crippen MR) is 275 cm³/mol. The summed E-state index contributed by atoms with van der Waals surface area (Å²) in [6.45, 7) is 7.04. The van der Waals surface area contributed by atoms with Crippen LogP contribution in [0.4, 0.5) is 11.4 Å². The summed E-state index contributed by atoms with van der Waals surface area (Å²) in [7, 11) is 0. The molecule has 0 fully saturated rings. The van der Waals surface area contributed by atoms with Gasteiger partial charge in [0, 0.05) is 26.3 Å². The van der Waals surface area contributed by atoms with Crippen molar-refractivity contribution in [3.63, 3.8) is 0 Å². The van der Waals surface area contributed by atoms with Crippen molar-refractivity contribution in [2.75, 3.05) is 50.2 Å². The normalized spacial score (nSPS) is 12.6. The number of ether oxygens (including phenoxy) is 2. The van der Waals surface area contributed by atoms with E-state index in [0.717, 1.165) is 12.8 Å². The molecule has 0 spiro atoms. The molecule has 1 aromatic carbocycles. The average Bonchev–Trinajstić information content (AvgIpc) is 3.28. The fraction of sp³-hybridized carbons (Fsp3) is 0.893. The Morgan fingerprint density at radius 1 is 0.381 bits per heavy atom. The highest BCUT2D eigenvalue weighted by molar-refractivity contribution is 5.75. The molecule has 63 heavy (non-hydrogen) atoms. The molecule has 0 saturated carbocycles. The van der Waals surface area contributed by atoms with E-state index in [1.807, 2.05) is 6.07 Å². The Hall–Kier alpha value is -1.54. The molecule has 0 aliphatic carbocycles. The maximum atomic E-state index is 10.5. The highest BCUT2D eigenvalue weighted by Crippen LogP contribution is 2.31. The van der Waals surface area contributed by atoms with Crippen LogP contribution in [0.15, 0.2) is 18.2 Å². The van der Waals surface area contributed by atoms with Crippen LogP contribution >= 0.6 is 0 Å². The number of hydrogen-bond acceptors (Lipinski definition) is 7. The zero-order valence-electron chi connectivity index (χ0n) is 42.1. The van der Waals surface area contributed by atoms with Gasteiger partial charge in [0.25, 0.3) is 0 Å². The number of benzene rings is 1. The monoisotopic (exact) mass is 889 g/mol. The van der Waals surface area contributed by atoms with Crippen LogP contribution in [-0.2, 0) is 9.47 Å². The van der Waals surface area contributed by atoms with E-state index in [1.165, 1.54) is 244 Å². The smallest absolute Gasteiger partial charge is 0.140 e. The Bertz CT molecular complexity index is 1040. The maximum absolute atomic E-state index is 10.5. The molecule has 0 aliphatic rings. The molecule has 0 bridgehead atoms. The average molecular weight is 889 g/mol. The van der Waals surface area contributed by atoms with Crippen molar-refractivity contribution in [2.24, 2.45) is 0 Å². The number of anilines is 2. The topological polar surface area (TPSA) is 103 Å². The minimum atomic E-state index is -0.685. The number of unbranched alkanes of at least 4 members (excludes halogenated alkanes) is 38. The summed E-state index contributed by atoms with van der Waals surface area (Å²) in [5, 5.41) is 38.0. The van der Waals surface area contributed by atoms with Crippen LogP contribution in [0.5, 0.6) is 5.75 Å². The zero-order valence-corrected chi connectivity index (χ0v) is 42.1. The molecule has 2 atom stereocenters. The molecule has 2 unspecified atom stereocenters. The van der Waals surface area contributed by atoms with Crippen molar-refractivity contribution < 1.29 is 24.8 Å². The van der Waals surface area contributed by atoms with Crippen LogP contribution in [-0.4, -0.2) is 67.0 Å². The number of nitrogens with one attached hydrogen (secondary N) is 2. The highest BCUT2D eigenvalue weighted by Gasteiger charge is 2.12. The molecule has 372 valence electrons. The van der Waals surface area contributed by atoms with E-state index in [0.29, 0.717) is 31.1 Å². The van der Waals surface area contributed by atoms with Gasteiger partial charge in [0.05, 0.1) is 31.1 Å². The lowest BCUT2D eigenvalue weighted by Gasteiger charge is -2.19. The van der Waals surface area contributed by atoms with Crippen molar-refractivity contribution in [2.45, 2.75) is 283 Å². The number of phenolic OH excluding ortho intramolecular Hbond substituents is 1. The molecule has 0 saturated heterocycles. The molecule has 0 heterocycles. The Balaban J connectivity index is 1.92. The minimum Gasteiger partial charge on any atom is -0.506 e. The van der Waals surface area contributed by atoms with Gasteiger partial charge in [-0.2, -0.15) is 0 Å². The molecule has 0 radical (unpaired) electrons. The molecule has 0 aliphatic heterocycles. The Kier molecular flexibility index (Phi) is 45.7. The van der Waals surface area contributed by atoms with Crippen molar-refractivity contribution in [1.82, 2.24) is 0 Å². The number of phenols is 1. The van der Waals surface area contributed by atoms with Gasteiger partial charge in [0.1, 0.15) is 11.4 Å². The molecular weight excluding hydrogens is 781 g/mol. The first-order chi connectivity index (χ1) is 31.1. The molecule has 7 nitrogen and oxygen atoms in total. The van der Waals surface area contributed by atoms with Crippen LogP contribution < -0.4 is 10.6 Å². The summed E-state index contributed by atoms with van der Waals surface area (Å²) in [5.41, 5.74) is 1.20. The molecule has 0 amide bonds. The minimum absolute atomic E-state index is 0.0998. The van der Waals surface area contributed by atoms with Crippen LogP contribution in [0.2, 0.25) is 0 Å². The lowest BCUT2D eigenvalue weighted by atomic mass is 10.0. The summed E-state index contributed by atoms with van der Waals surface area (Å²) in [6, 6.07) is 5.25. The van der Waals surface area contributed by atoms with Crippen LogP contribution in [0, 0.1) is 0 Å². The van der Waals surface area contributed by atoms with Gasteiger partial charge in [-0.25, -0.2) is 0 Å². The van der Waals surface area contributed by atoms with Crippen molar-refractivity contribution in [3.05, 3.63) is 18.2 Å². The maximum Gasteiger partial charge on any atom is 0.140 e. The van der Waals surface area contributed by atoms with Gasteiger partial charge in [-0.15, -0.1) is 0 Å². The van der Waals surface area contributed by atoms with Crippen molar-refractivity contribution >= 4 is 11.4 Å². The first kappa shape index (κ1) is 59.5. The summed E-state index contributed by atoms with van der Waals surface area (Å²) >= 11 is 0. The summed E-state index contributed by atoms with van der Waals surface area (Å²) in [6.07, 6.45) is 53.6. The Labute approximate surface area is 391 Å². The standard InChI is InChI=1S/C56H108N2O5/c1-3-5-7-9-11-13-15-17-19-21-23-25-27-29-31-33-35-37-39-41-46-62-50-52(59)48-57-54-44-43-45-55(61)56(54)58-49-53(60)51-63-47-42-40-38-36-34-32-30-28-26-24-22-20-18-16-14-12-10-8-6-4-2/h43-45,52-53,57-61H,3-42,46-51H2,1-2H3. The molecule has 5 N–H and O–H groups in total. The highest BCUT2D eigenvalue weighted by atomic mass is 16.5. The second kappa shape index (κ2) is 48.4. The SMILES string of the molecule is CCCCCCCCCCCCCCCCCCCCCCOCC(O)CNc1cccc(O)c1NCC(O)COCCCCCCCCCCCCCCCCCCCCCC. The van der Waals surface area contributed by atoms with Crippen LogP contribution in [0.25, 0.3) is 0 Å². The first-order valence-electron chi connectivity index (χ1n) is 27.9. The largest absolute Gasteiger partial charge is 0.506 e. The number of aliphatic hydroxyl groups excluding tert-OH is 2. The first-order valence-corrected chi connectivity index (χ1v) is 27.9. The lowest BCUT2D eigenvalue weighted by Crippen LogP contribution is -2.27. The van der Waals surface area contributed by atoms with Gasteiger partial charge in [0.15, 0.2) is 0 Å². The van der Waals surface area contributed by atoms with Gasteiger partial charge in [-0.1, -0.05) is 264 Å². The van der Waals surface area contributed by atoms with Gasteiger partial charge < -0.3 is 35.4 Å². The van der Waals surface area contributed by atoms with Crippen LogP contribution in [0.1, 0.15) is 271 Å². The van der Waals surface area contributed by atoms with Gasteiger partial charge >= 0.3 is 0 Å². The number of para-hydroxylation sites is 1. The van der Waals surface area contributed by atoms with E-state index in [1.54, 1.807) is 12.1 Å². The fourth-order valence-electron chi connectivity index (χ4n) is 8.80. The second-order valence-electron chi connectivity index (χ2n) is 19.4. The molecular formula is C56H108N2O5. The second-order valence-corrected chi connectivity index (χ2v) is 19.4. The third-order valence-electron chi connectivity index (χ3n) is 13.0. The number of rotatable bonds is 52. The van der Waals surface area contributed by atoms with Crippen LogP contribution in [0.3, 0.4) is 0 Å². The Morgan fingerprint density at radius 2 is 0.651 bits per heavy atom. The zero-order chi connectivity index (χ0) is 45.4. The van der Waals surface area contributed by atoms with Gasteiger partial charge in [-0.05, 0) is 25.0 Å². The van der Waals surface area contributed by atoms with E-state index in [4.69, 9.17) is 9.47 Å². The molecule has 1 aromatic rings. The number of hydrogen-bond donors (Lipinski definition) is 5. The third-order valence-corrected chi connectivity index (χ3v) is 13.0. The summed E-state index contributed by atoms with van der Waals surface area (Å²) in [4.78, 5) is 0. The van der Waals surface area contributed by atoms with Gasteiger partial charge in [0.2, 0.25) is 0 Å². The third kappa shape index (κ3) is 41.6. The number of aromatic hydroxyl groups is 1.